The quantitative estimate of drug-likeness (QED) is 0.828. The highest BCUT2D eigenvalue weighted by Crippen LogP contribution is 2.09. The molecule has 0 atom stereocenters. The number of carbonyl (C=O) groups is 3. The van der Waals surface area contributed by atoms with Crippen LogP contribution in [0.3, 0.4) is 0 Å². The van der Waals surface area contributed by atoms with Gasteiger partial charge in [0.25, 0.3) is 0 Å². The lowest BCUT2D eigenvalue weighted by Crippen LogP contribution is -2.43. The van der Waals surface area contributed by atoms with Crippen LogP contribution >= 0.6 is 0 Å². The van der Waals surface area contributed by atoms with Crippen molar-refractivity contribution in [3.05, 3.63) is 35.4 Å². The van der Waals surface area contributed by atoms with Crippen LogP contribution in [-0.2, 0) is 16.0 Å². The average molecular weight is 332 g/mol. The minimum absolute atomic E-state index is 0.0726. The summed E-state index contributed by atoms with van der Waals surface area (Å²) in [4.78, 5) is 38.6. The maximum Gasteiger partial charge on any atom is 0.312 e. The number of carbonyl (C=O) groups excluding carboxylic acids is 3. The monoisotopic (exact) mass is 332 g/mol. The topological polar surface area (TPSA) is 95.7 Å². The molecule has 4 amide bonds. The van der Waals surface area contributed by atoms with Crippen LogP contribution in [0.5, 0.6) is 0 Å². The minimum Gasteiger partial charge on any atom is -0.352 e. The fraction of sp³-hybridized carbons (Fsp3) is 0.471. The summed E-state index contributed by atoms with van der Waals surface area (Å²) in [5.41, 5.74) is 7.13. The van der Waals surface area contributed by atoms with Gasteiger partial charge >= 0.3 is 6.03 Å². The van der Waals surface area contributed by atoms with Gasteiger partial charge in [-0.25, -0.2) is 4.79 Å². The summed E-state index contributed by atoms with van der Waals surface area (Å²) in [5.74, 6) is -0.106. The van der Waals surface area contributed by atoms with Crippen molar-refractivity contribution in [1.29, 1.82) is 0 Å². The van der Waals surface area contributed by atoms with Gasteiger partial charge in [0.1, 0.15) is 0 Å². The number of hydrogen-bond acceptors (Lipinski definition) is 3. The van der Waals surface area contributed by atoms with Gasteiger partial charge in [-0.2, -0.15) is 0 Å². The van der Waals surface area contributed by atoms with E-state index >= 15 is 0 Å². The molecule has 7 heteroatoms. The zero-order valence-corrected chi connectivity index (χ0v) is 14.0. The predicted molar refractivity (Wildman–Crippen MR) is 90.2 cm³/mol. The van der Waals surface area contributed by atoms with Crippen molar-refractivity contribution in [1.82, 2.24) is 15.1 Å². The van der Waals surface area contributed by atoms with Gasteiger partial charge in [0.15, 0.2) is 0 Å². The Bertz CT molecular complexity index is 600. The Hall–Kier alpha value is -2.57. The first-order valence-electron chi connectivity index (χ1n) is 8.10. The number of nitrogens with two attached hydrogens (primary N) is 1. The zero-order chi connectivity index (χ0) is 17.5. The van der Waals surface area contributed by atoms with Crippen LogP contribution in [0, 0.1) is 6.92 Å². The fourth-order valence-electron chi connectivity index (χ4n) is 2.68. The molecule has 0 aliphatic carbocycles. The van der Waals surface area contributed by atoms with Crippen LogP contribution in [0.25, 0.3) is 0 Å². The van der Waals surface area contributed by atoms with E-state index in [2.05, 4.69) is 5.32 Å². The first-order chi connectivity index (χ1) is 11.5. The third-order valence-electron chi connectivity index (χ3n) is 4.09. The summed E-state index contributed by atoms with van der Waals surface area (Å²) in [5, 5.41) is 2.30. The molecule has 1 heterocycles. The van der Waals surface area contributed by atoms with E-state index in [0.717, 1.165) is 12.0 Å². The van der Waals surface area contributed by atoms with Crippen molar-refractivity contribution in [2.24, 2.45) is 5.73 Å². The Morgan fingerprint density at radius 2 is 1.58 bits per heavy atom. The SMILES string of the molecule is Cc1ccc(CC(=O)N2CCCN(C(=O)CNC(N)=O)CC2)cc1. The molecule has 1 aromatic rings. The Kier molecular flexibility index (Phi) is 6.17. The molecular weight excluding hydrogens is 308 g/mol. The highest BCUT2D eigenvalue weighted by molar-refractivity contribution is 5.83. The third-order valence-corrected chi connectivity index (χ3v) is 4.09. The van der Waals surface area contributed by atoms with Gasteiger partial charge in [0.2, 0.25) is 11.8 Å². The van der Waals surface area contributed by atoms with Crippen molar-refractivity contribution in [2.75, 3.05) is 32.7 Å². The summed E-state index contributed by atoms with van der Waals surface area (Å²) in [6.07, 6.45) is 1.10. The number of rotatable bonds is 4. The van der Waals surface area contributed by atoms with E-state index in [1.54, 1.807) is 9.80 Å². The van der Waals surface area contributed by atoms with Crippen molar-refractivity contribution in [2.45, 2.75) is 19.8 Å². The van der Waals surface area contributed by atoms with Crippen molar-refractivity contribution in [3.63, 3.8) is 0 Å². The lowest BCUT2D eigenvalue weighted by atomic mass is 10.1. The standard InChI is InChI=1S/C17H24N4O3/c1-13-3-5-14(6-4-13)11-15(22)20-7-2-8-21(10-9-20)16(23)12-19-17(18)24/h3-6H,2,7-12H2,1H3,(H3,18,19,24). The number of hydrogen-bond donors (Lipinski definition) is 2. The van der Waals surface area contributed by atoms with Gasteiger partial charge in [-0.15, -0.1) is 0 Å². The summed E-state index contributed by atoms with van der Waals surface area (Å²) in [6.45, 7) is 4.10. The van der Waals surface area contributed by atoms with Gasteiger partial charge in [-0.1, -0.05) is 29.8 Å². The molecule has 1 aromatic carbocycles. The van der Waals surface area contributed by atoms with E-state index in [0.29, 0.717) is 32.6 Å². The lowest BCUT2D eigenvalue weighted by Gasteiger charge is -2.22. The number of aryl methyl sites for hydroxylation is 1. The van der Waals surface area contributed by atoms with Crippen molar-refractivity contribution in [3.8, 4) is 0 Å². The lowest BCUT2D eigenvalue weighted by molar-refractivity contribution is -0.132. The number of benzene rings is 1. The number of amides is 4. The molecule has 2 rings (SSSR count). The normalized spacial score (nSPS) is 14.9. The largest absolute Gasteiger partial charge is 0.352 e. The van der Waals surface area contributed by atoms with E-state index in [-0.39, 0.29) is 18.4 Å². The second kappa shape index (κ2) is 8.33. The molecule has 3 N–H and O–H groups in total. The molecular formula is C17H24N4O3. The summed E-state index contributed by atoms with van der Waals surface area (Å²) < 4.78 is 0. The summed E-state index contributed by atoms with van der Waals surface area (Å²) in [7, 11) is 0. The molecule has 7 nitrogen and oxygen atoms in total. The second-order valence-corrected chi connectivity index (χ2v) is 6.00. The first kappa shape index (κ1) is 17.8. The molecule has 0 unspecified atom stereocenters. The Morgan fingerprint density at radius 1 is 1.00 bits per heavy atom. The van der Waals surface area contributed by atoms with Crippen LogP contribution in [0.2, 0.25) is 0 Å². The predicted octanol–water partition coefficient (Wildman–Crippen LogP) is 0.267. The van der Waals surface area contributed by atoms with Crippen molar-refractivity contribution >= 4 is 17.8 Å². The number of urea groups is 1. The van der Waals surface area contributed by atoms with Gasteiger partial charge in [-0.3, -0.25) is 9.59 Å². The van der Waals surface area contributed by atoms with E-state index in [4.69, 9.17) is 5.73 Å². The Morgan fingerprint density at radius 3 is 2.17 bits per heavy atom. The number of nitrogens with one attached hydrogen (secondary N) is 1. The molecule has 0 bridgehead atoms. The number of primary amides is 1. The van der Waals surface area contributed by atoms with Crippen LogP contribution < -0.4 is 11.1 Å². The molecule has 0 aromatic heterocycles. The number of nitrogens with zero attached hydrogens (tertiary/aromatic N) is 2. The van der Waals surface area contributed by atoms with E-state index in [1.165, 1.54) is 5.56 Å². The molecule has 24 heavy (non-hydrogen) atoms. The van der Waals surface area contributed by atoms with Crippen molar-refractivity contribution < 1.29 is 14.4 Å². The molecule has 1 fully saturated rings. The summed E-state index contributed by atoms with van der Waals surface area (Å²) >= 11 is 0. The summed E-state index contributed by atoms with van der Waals surface area (Å²) in [6, 6.07) is 7.22. The zero-order valence-electron chi connectivity index (χ0n) is 14.0. The fourth-order valence-corrected chi connectivity index (χ4v) is 2.68. The first-order valence-corrected chi connectivity index (χ1v) is 8.10. The van der Waals surface area contributed by atoms with Gasteiger partial charge in [0.05, 0.1) is 13.0 Å². The molecule has 1 saturated heterocycles. The van der Waals surface area contributed by atoms with Crippen LogP contribution in [0.1, 0.15) is 17.5 Å². The van der Waals surface area contributed by atoms with Crippen LogP contribution in [0.4, 0.5) is 4.79 Å². The highest BCUT2D eigenvalue weighted by Gasteiger charge is 2.22. The maximum absolute atomic E-state index is 12.4. The van der Waals surface area contributed by atoms with Crippen LogP contribution in [-0.4, -0.2) is 60.4 Å². The molecule has 0 radical (unpaired) electrons. The Balaban J connectivity index is 1.85. The van der Waals surface area contributed by atoms with Crippen LogP contribution in [0.15, 0.2) is 24.3 Å². The third kappa shape index (κ3) is 5.26. The van der Waals surface area contributed by atoms with E-state index in [9.17, 15) is 14.4 Å². The maximum atomic E-state index is 12.4. The molecule has 1 aliphatic rings. The Labute approximate surface area is 141 Å². The molecule has 0 spiro atoms. The second-order valence-electron chi connectivity index (χ2n) is 6.00. The highest BCUT2D eigenvalue weighted by atomic mass is 16.2. The molecule has 0 saturated carbocycles. The molecule has 130 valence electrons. The average Bonchev–Trinajstić information content (AvgIpc) is 2.81. The van der Waals surface area contributed by atoms with E-state index in [1.807, 2.05) is 31.2 Å². The minimum atomic E-state index is -0.715. The smallest absolute Gasteiger partial charge is 0.312 e. The van der Waals surface area contributed by atoms with Gasteiger partial charge < -0.3 is 20.9 Å². The van der Waals surface area contributed by atoms with E-state index < -0.39 is 6.03 Å². The molecule has 1 aliphatic heterocycles. The van der Waals surface area contributed by atoms with Gasteiger partial charge in [0, 0.05) is 26.2 Å². The van der Waals surface area contributed by atoms with Gasteiger partial charge in [-0.05, 0) is 18.9 Å².